The Morgan fingerprint density at radius 2 is 1.84 bits per heavy atom. The molecule has 1 amide bonds. The predicted octanol–water partition coefficient (Wildman–Crippen LogP) is 5.52. The Morgan fingerprint density at radius 1 is 1.21 bits per heavy atom. The lowest BCUT2D eigenvalue weighted by atomic mass is 9.79. The lowest BCUT2D eigenvalue weighted by Gasteiger charge is -2.28. The highest BCUT2D eigenvalue weighted by Gasteiger charge is 2.28. The molecule has 1 aliphatic carbocycles. The summed E-state index contributed by atoms with van der Waals surface area (Å²) < 4.78 is 1.67. The molecule has 1 saturated carbocycles. The first-order chi connectivity index (χ1) is 18.3. The number of hydrogen-bond acceptors (Lipinski definition) is 5. The quantitative estimate of drug-likeness (QED) is 0.298. The number of carbonyl (C=O) groups is 1. The van der Waals surface area contributed by atoms with E-state index in [1.165, 1.54) is 6.42 Å². The molecule has 4 rings (SSSR count). The van der Waals surface area contributed by atoms with Crippen molar-refractivity contribution in [1.29, 1.82) is 0 Å². The van der Waals surface area contributed by atoms with Crippen LogP contribution in [0.4, 0.5) is 5.82 Å². The van der Waals surface area contributed by atoms with Crippen LogP contribution in [0.5, 0.6) is 0 Å². The SMILES string of the molecule is C=C.C=c1cccc/c1=C/C(=C\C)c1cnn2c(N)c(S)c(C3CCC(CC(=O)NC)CC3)nc12.CCC. The molecule has 0 saturated heterocycles. The number of thiol groups is 1. The van der Waals surface area contributed by atoms with Crippen LogP contribution in [0.3, 0.4) is 0 Å². The molecule has 0 atom stereocenters. The van der Waals surface area contributed by atoms with E-state index in [-0.39, 0.29) is 11.8 Å². The maximum atomic E-state index is 11.8. The molecule has 1 aromatic carbocycles. The Morgan fingerprint density at radius 3 is 2.42 bits per heavy atom. The molecule has 0 aliphatic heterocycles. The van der Waals surface area contributed by atoms with Crippen LogP contribution in [-0.2, 0) is 4.79 Å². The standard InChI is InChI=1S/C26H31N5OS.C3H8.C2H4/c1-4-18(14-20-8-6-5-7-16(20)2)21-15-29-31-25(27)24(33)23(30-26(21)31)19-11-9-17(10-12-19)13-22(32)28-3;1-3-2;1-2/h4-8,14-15,17,19,33H,2,9-13,27H2,1,3H3,(H,28,32);3H2,1-2H3;1-2H2/b18-4+,20-14-;;. The van der Waals surface area contributed by atoms with Crippen molar-refractivity contribution in [1.82, 2.24) is 19.9 Å². The van der Waals surface area contributed by atoms with Gasteiger partial charge in [-0.25, -0.2) is 4.98 Å². The van der Waals surface area contributed by atoms with Crippen molar-refractivity contribution >= 4 is 48.2 Å². The lowest BCUT2D eigenvalue weighted by molar-refractivity contribution is -0.121. The van der Waals surface area contributed by atoms with Crippen LogP contribution in [0.25, 0.3) is 23.9 Å². The molecule has 2 heterocycles. The molecular weight excluding hydrogens is 490 g/mol. The fourth-order valence-electron chi connectivity index (χ4n) is 4.68. The van der Waals surface area contributed by atoms with Crippen LogP contribution in [0.15, 0.2) is 54.6 Å². The maximum Gasteiger partial charge on any atom is 0.220 e. The molecule has 0 radical (unpaired) electrons. The number of carbonyl (C=O) groups excluding carboxylic acids is 1. The second-order valence-electron chi connectivity index (χ2n) is 9.41. The number of hydrogen-bond donors (Lipinski definition) is 3. The van der Waals surface area contributed by atoms with E-state index in [0.29, 0.717) is 23.1 Å². The minimum absolute atomic E-state index is 0.111. The normalized spacial score (nSPS) is 17.7. The summed E-state index contributed by atoms with van der Waals surface area (Å²) in [6.45, 7) is 16.4. The molecule has 38 heavy (non-hydrogen) atoms. The molecule has 6 nitrogen and oxygen atoms in total. The van der Waals surface area contributed by atoms with Gasteiger partial charge in [0, 0.05) is 24.9 Å². The average molecular weight is 534 g/mol. The van der Waals surface area contributed by atoms with Crippen molar-refractivity contribution in [3.63, 3.8) is 0 Å². The second-order valence-corrected chi connectivity index (χ2v) is 9.86. The van der Waals surface area contributed by atoms with Gasteiger partial charge >= 0.3 is 0 Å². The summed E-state index contributed by atoms with van der Waals surface area (Å²) in [6, 6.07) is 8.04. The van der Waals surface area contributed by atoms with E-state index in [1.807, 2.05) is 37.4 Å². The second kappa shape index (κ2) is 15.2. The van der Waals surface area contributed by atoms with Crippen LogP contribution in [0.1, 0.15) is 76.5 Å². The molecule has 204 valence electrons. The van der Waals surface area contributed by atoms with Crippen molar-refractivity contribution in [2.45, 2.75) is 70.1 Å². The molecule has 1 aliphatic rings. The molecule has 2 aromatic heterocycles. The molecule has 3 N–H and O–H groups in total. The first kappa shape index (κ1) is 30.9. The van der Waals surface area contributed by atoms with Gasteiger partial charge in [-0.15, -0.1) is 25.8 Å². The first-order valence-electron chi connectivity index (χ1n) is 13.3. The fraction of sp³-hybridized carbons (Fsp3) is 0.387. The number of benzene rings is 1. The fourth-order valence-corrected chi connectivity index (χ4v) is 5.00. The smallest absolute Gasteiger partial charge is 0.220 e. The topological polar surface area (TPSA) is 85.3 Å². The first-order valence-corrected chi connectivity index (χ1v) is 13.8. The van der Waals surface area contributed by atoms with Gasteiger partial charge in [-0.05, 0) is 60.6 Å². The number of nitrogens with zero attached hydrogens (tertiary/aromatic N) is 3. The predicted molar refractivity (Wildman–Crippen MR) is 165 cm³/mol. The number of amides is 1. The van der Waals surface area contributed by atoms with Gasteiger partial charge in [-0.2, -0.15) is 9.61 Å². The maximum absolute atomic E-state index is 11.8. The number of fused-ring (bicyclic) bond motifs is 1. The third kappa shape index (κ3) is 7.38. The van der Waals surface area contributed by atoms with Gasteiger partial charge in [0.05, 0.1) is 16.8 Å². The third-order valence-electron chi connectivity index (χ3n) is 6.66. The van der Waals surface area contributed by atoms with Crippen molar-refractivity contribution < 1.29 is 4.79 Å². The van der Waals surface area contributed by atoms with Crippen LogP contribution in [0.2, 0.25) is 0 Å². The van der Waals surface area contributed by atoms with E-state index < -0.39 is 0 Å². The summed E-state index contributed by atoms with van der Waals surface area (Å²) in [4.78, 5) is 17.5. The van der Waals surface area contributed by atoms with E-state index >= 15 is 0 Å². The van der Waals surface area contributed by atoms with E-state index in [4.69, 9.17) is 23.3 Å². The van der Waals surface area contributed by atoms with Crippen LogP contribution < -0.4 is 21.5 Å². The summed E-state index contributed by atoms with van der Waals surface area (Å²) in [5.74, 6) is 1.31. The zero-order valence-electron chi connectivity index (χ0n) is 23.3. The average Bonchev–Trinajstić information content (AvgIpc) is 3.36. The number of nitrogens with two attached hydrogens (primary N) is 1. The highest BCUT2D eigenvalue weighted by molar-refractivity contribution is 7.80. The summed E-state index contributed by atoms with van der Waals surface area (Å²) in [6.07, 6.45) is 11.8. The van der Waals surface area contributed by atoms with Gasteiger partial charge in [0.25, 0.3) is 0 Å². The van der Waals surface area contributed by atoms with Gasteiger partial charge in [0.15, 0.2) is 5.65 Å². The van der Waals surface area contributed by atoms with Crippen LogP contribution in [0, 0.1) is 5.92 Å². The van der Waals surface area contributed by atoms with Gasteiger partial charge in [0.1, 0.15) is 5.82 Å². The minimum atomic E-state index is 0.111. The number of rotatable bonds is 5. The van der Waals surface area contributed by atoms with Gasteiger partial charge < -0.3 is 11.1 Å². The van der Waals surface area contributed by atoms with Crippen molar-refractivity contribution in [3.8, 4) is 0 Å². The van der Waals surface area contributed by atoms with E-state index in [0.717, 1.165) is 58.6 Å². The van der Waals surface area contributed by atoms with Crippen molar-refractivity contribution in [3.05, 3.63) is 71.4 Å². The number of aromatic nitrogens is 3. The summed E-state index contributed by atoms with van der Waals surface area (Å²) in [5, 5.41) is 9.26. The highest BCUT2D eigenvalue weighted by Crippen LogP contribution is 2.40. The summed E-state index contributed by atoms with van der Waals surface area (Å²) >= 11 is 4.72. The largest absolute Gasteiger partial charge is 0.383 e. The molecule has 0 bridgehead atoms. The summed E-state index contributed by atoms with van der Waals surface area (Å²) in [5.41, 5.74) is 10.1. The highest BCUT2D eigenvalue weighted by atomic mass is 32.1. The number of nitrogen functional groups attached to an aromatic ring is 1. The number of allylic oxidation sites excluding steroid dienone is 2. The molecule has 1 fully saturated rings. The van der Waals surface area contributed by atoms with E-state index in [9.17, 15) is 4.79 Å². The van der Waals surface area contributed by atoms with Crippen LogP contribution >= 0.6 is 12.6 Å². The van der Waals surface area contributed by atoms with Gasteiger partial charge in [0.2, 0.25) is 5.91 Å². The molecule has 7 heteroatoms. The number of anilines is 1. The lowest BCUT2D eigenvalue weighted by Crippen LogP contribution is -2.24. The van der Waals surface area contributed by atoms with Crippen LogP contribution in [-0.4, -0.2) is 27.6 Å². The molecule has 0 unspecified atom stereocenters. The van der Waals surface area contributed by atoms with Gasteiger partial charge in [-0.1, -0.05) is 57.2 Å². The molecule has 3 aromatic rings. The monoisotopic (exact) mass is 533 g/mol. The Labute approximate surface area is 232 Å². The zero-order valence-corrected chi connectivity index (χ0v) is 24.2. The van der Waals surface area contributed by atoms with Crippen molar-refractivity contribution in [2.24, 2.45) is 5.92 Å². The zero-order chi connectivity index (χ0) is 28.2. The Balaban J connectivity index is 0.000000947. The molecular formula is C31H43N5OS. The Hall–Kier alpha value is -3.32. The van der Waals surface area contributed by atoms with E-state index in [2.05, 4.69) is 56.2 Å². The summed E-state index contributed by atoms with van der Waals surface area (Å²) in [7, 11) is 1.69. The Kier molecular flexibility index (Phi) is 12.3. The van der Waals surface area contributed by atoms with Crippen molar-refractivity contribution in [2.75, 3.05) is 12.8 Å². The Bertz CT molecular complexity index is 1350. The third-order valence-corrected chi connectivity index (χ3v) is 7.12. The van der Waals surface area contributed by atoms with Gasteiger partial charge in [-0.3, -0.25) is 4.79 Å². The minimum Gasteiger partial charge on any atom is -0.383 e. The van der Waals surface area contributed by atoms with E-state index in [1.54, 1.807) is 11.6 Å². The number of nitrogens with one attached hydrogen (secondary N) is 1. The molecule has 0 spiro atoms.